The number of hydrogen-bond donors (Lipinski definition) is 3. The van der Waals surface area contributed by atoms with Crippen LogP contribution in [0.25, 0.3) is 22.2 Å². The summed E-state index contributed by atoms with van der Waals surface area (Å²) in [6.07, 6.45) is 2.66. The summed E-state index contributed by atoms with van der Waals surface area (Å²) in [4.78, 5) is 15.2. The maximum atomic E-state index is 15.0. The van der Waals surface area contributed by atoms with Crippen molar-refractivity contribution in [3.63, 3.8) is 0 Å². The molecule has 3 N–H and O–H groups in total. The van der Waals surface area contributed by atoms with Crippen LogP contribution in [0.3, 0.4) is 0 Å². The Bertz CT molecular complexity index is 1490. The van der Waals surface area contributed by atoms with Crippen molar-refractivity contribution < 1.29 is 32.5 Å². The molecule has 1 aliphatic heterocycles. The average molecular weight is 513 g/mol. The van der Waals surface area contributed by atoms with Crippen LogP contribution in [0.5, 0.6) is 17.4 Å². The van der Waals surface area contributed by atoms with E-state index < -0.39 is 28.6 Å². The molecule has 2 aromatic carbocycles. The summed E-state index contributed by atoms with van der Waals surface area (Å²) in [5.74, 6) is -3.14. The number of aliphatic imine (C=N–C) groups is 1. The second kappa shape index (κ2) is 9.62. The molecule has 1 unspecified atom stereocenters. The van der Waals surface area contributed by atoms with Crippen molar-refractivity contribution in [3.8, 4) is 28.5 Å². The molecule has 4 aromatic rings. The van der Waals surface area contributed by atoms with Gasteiger partial charge in [-0.1, -0.05) is 6.92 Å². The van der Waals surface area contributed by atoms with Gasteiger partial charge in [0.05, 0.1) is 25.6 Å². The van der Waals surface area contributed by atoms with Crippen molar-refractivity contribution in [1.29, 1.82) is 0 Å². The van der Waals surface area contributed by atoms with Gasteiger partial charge in [0.25, 0.3) is 6.02 Å². The molecule has 0 aliphatic carbocycles. The highest BCUT2D eigenvalue weighted by Gasteiger charge is 2.29. The third-order valence-corrected chi connectivity index (χ3v) is 5.89. The molecule has 1 aliphatic rings. The van der Waals surface area contributed by atoms with Gasteiger partial charge in [-0.2, -0.15) is 0 Å². The van der Waals surface area contributed by atoms with Crippen LogP contribution in [-0.2, 0) is 4.74 Å². The molecule has 192 valence electrons. The Morgan fingerprint density at radius 1 is 1.11 bits per heavy atom. The third-order valence-electron chi connectivity index (χ3n) is 5.89. The highest BCUT2D eigenvalue weighted by atomic mass is 19.1. The minimum atomic E-state index is -1.02. The lowest BCUT2D eigenvalue weighted by atomic mass is 9.93. The molecule has 0 amide bonds. The number of nitrogens with zero attached hydrogens (tertiary/aromatic N) is 3. The number of hydrogen-bond acceptors (Lipinski definition) is 8. The Balaban J connectivity index is 1.45. The van der Waals surface area contributed by atoms with E-state index in [0.717, 1.165) is 18.5 Å². The largest absolute Gasteiger partial charge is 0.497 e. The topological polar surface area (TPSA) is 114 Å². The molecule has 2 aromatic heterocycles. The molecule has 37 heavy (non-hydrogen) atoms. The van der Waals surface area contributed by atoms with E-state index >= 15 is 0 Å². The first-order chi connectivity index (χ1) is 17.8. The summed E-state index contributed by atoms with van der Waals surface area (Å²) in [6.45, 7) is 2.18. The van der Waals surface area contributed by atoms with E-state index in [1.165, 1.54) is 25.4 Å². The van der Waals surface area contributed by atoms with Crippen molar-refractivity contribution >= 4 is 22.7 Å². The minimum Gasteiger partial charge on any atom is -0.497 e. The summed E-state index contributed by atoms with van der Waals surface area (Å²) in [5.41, 5.74) is 0.347. The highest BCUT2D eigenvalue weighted by molar-refractivity contribution is 5.97. The fraction of sp³-hybridized carbons (Fsp3) is 0.240. The van der Waals surface area contributed by atoms with Crippen molar-refractivity contribution in [2.24, 2.45) is 10.4 Å². The molecule has 3 heterocycles. The molecule has 0 radical (unpaired) electrons. The van der Waals surface area contributed by atoms with Crippen molar-refractivity contribution in [3.05, 3.63) is 60.3 Å². The number of fused-ring (bicyclic) bond motifs is 1. The Morgan fingerprint density at radius 2 is 1.89 bits per heavy atom. The molecular formula is C25H22F3N5O4. The van der Waals surface area contributed by atoms with E-state index in [1.807, 2.05) is 6.92 Å². The van der Waals surface area contributed by atoms with Gasteiger partial charge in [-0.25, -0.2) is 28.1 Å². The van der Waals surface area contributed by atoms with Crippen molar-refractivity contribution in [2.45, 2.75) is 6.92 Å². The number of nitrogens with one attached hydrogen (secondary N) is 2. The molecule has 1 atom stereocenters. The Hall–Kier alpha value is -4.32. The SMILES string of the molecule is COc1ccc(-c2c[nH]c3ncnc(Oc4c(F)cc(NC5=NCC(C)(CO)CO5)cc4F)c23)c(F)c1. The predicted octanol–water partition coefficient (Wildman–Crippen LogP) is 4.64. The summed E-state index contributed by atoms with van der Waals surface area (Å²) in [6, 6.07) is 6.42. The highest BCUT2D eigenvalue weighted by Crippen LogP contribution is 2.38. The van der Waals surface area contributed by atoms with Gasteiger partial charge in [-0.15, -0.1) is 0 Å². The summed E-state index contributed by atoms with van der Waals surface area (Å²) in [5, 5.41) is 12.4. The van der Waals surface area contributed by atoms with E-state index in [-0.39, 0.29) is 53.9 Å². The van der Waals surface area contributed by atoms with Gasteiger partial charge < -0.3 is 29.6 Å². The van der Waals surface area contributed by atoms with Gasteiger partial charge in [0.15, 0.2) is 11.6 Å². The Morgan fingerprint density at radius 3 is 2.54 bits per heavy atom. The van der Waals surface area contributed by atoms with E-state index in [9.17, 15) is 18.3 Å². The second-order valence-electron chi connectivity index (χ2n) is 8.83. The second-order valence-corrected chi connectivity index (χ2v) is 8.83. The lowest BCUT2D eigenvalue weighted by Gasteiger charge is -2.30. The van der Waals surface area contributed by atoms with Gasteiger partial charge in [-0.05, 0) is 12.1 Å². The van der Waals surface area contributed by atoms with Gasteiger partial charge in [0.2, 0.25) is 11.6 Å². The number of halogens is 3. The number of aromatic amines is 1. The number of benzene rings is 2. The Labute approximate surface area is 209 Å². The van der Waals surface area contributed by atoms with Gasteiger partial charge in [0.1, 0.15) is 30.1 Å². The minimum absolute atomic E-state index is 0.0455. The molecule has 5 rings (SSSR count). The smallest absolute Gasteiger partial charge is 0.289 e. The van der Waals surface area contributed by atoms with Crippen molar-refractivity contribution in [1.82, 2.24) is 15.0 Å². The van der Waals surface area contributed by atoms with E-state index in [0.29, 0.717) is 11.3 Å². The van der Waals surface area contributed by atoms with Crippen molar-refractivity contribution in [2.75, 3.05) is 32.2 Å². The van der Waals surface area contributed by atoms with Gasteiger partial charge in [0, 0.05) is 46.6 Å². The molecule has 0 saturated heterocycles. The summed E-state index contributed by atoms with van der Waals surface area (Å²) >= 11 is 0. The Kier molecular flexibility index (Phi) is 6.34. The molecule has 0 bridgehead atoms. The number of rotatable bonds is 6. The number of ether oxygens (including phenoxy) is 3. The van der Waals surface area contributed by atoms with Crippen LogP contribution < -0.4 is 14.8 Å². The zero-order valence-corrected chi connectivity index (χ0v) is 19.8. The van der Waals surface area contributed by atoms with Crippen LogP contribution >= 0.6 is 0 Å². The van der Waals surface area contributed by atoms with Gasteiger partial charge in [-0.3, -0.25) is 0 Å². The van der Waals surface area contributed by atoms with E-state index in [2.05, 4.69) is 25.3 Å². The molecule has 9 nitrogen and oxygen atoms in total. The van der Waals surface area contributed by atoms with Crippen LogP contribution in [0.2, 0.25) is 0 Å². The summed E-state index contributed by atoms with van der Waals surface area (Å²) in [7, 11) is 1.42. The number of methoxy groups -OCH3 is 1. The maximum absolute atomic E-state index is 15.0. The number of H-pyrrole nitrogens is 1. The van der Waals surface area contributed by atoms with E-state index in [1.54, 1.807) is 6.07 Å². The van der Waals surface area contributed by atoms with Crippen LogP contribution in [0.4, 0.5) is 18.9 Å². The van der Waals surface area contributed by atoms with Crippen LogP contribution in [0, 0.1) is 22.9 Å². The van der Waals surface area contributed by atoms with Gasteiger partial charge >= 0.3 is 0 Å². The third kappa shape index (κ3) is 4.75. The number of aliphatic hydroxyl groups excluding tert-OH is 1. The maximum Gasteiger partial charge on any atom is 0.289 e. The van der Waals surface area contributed by atoms with Crippen LogP contribution in [-0.4, -0.2) is 52.9 Å². The van der Waals surface area contributed by atoms with Crippen LogP contribution in [0.15, 0.2) is 47.8 Å². The molecule has 0 spiro atoms. The normalized spacial score (nSPS) is 17.3. The molecule has 12 heteroatoms. The fourth-order valence-electron chi connectivity index (χ4n) is 3.78. The standard InChI is InChI=1S/C25H22F3N5O4/c1-25(10-34)9-30-24(36-11-25)33-13-5-18(27)21(19(28)6-13)37-23-20-16(8-29-22(20)31-12-32-23)15-4-3-14(35-2)7-17(15)26/h3-8,12,34H,9-11H2,1-2H3,(H,30,33)(H,29,31,32). The van der Waals surface area contributed by atoms with E-state index in [4.69, 9.17) is 14.2 Å². The first kappa shape index (κ1) is 24.4. The molecular weight excluding hydrogens is 491 g/mol. The lowest BCUT2D eigenvalue weighted by Crippen LogP contribution is -2.38. The molecule has 0 fully saturated rings. The summed E-state index contributed by atoms with van der Waals surface area (Å²) < 4.78 is 60.8. The number of amidine groups is 1. The lowest BCUT2D eigenvalue weighted by molar-refractivity contribution is 0.0706. The number of aromatic nitrogens is 3. The predicted molar refractivity (Wildman–Crippen MR) is 129 cm³/mol. The average Bonchev–Trinajstić information content (AvgIpc) is 3.32. The number of aliphatic hydroxyl groups is 1. The van der Waals surface area contributed by atoms with Crippen LogP contribution in [0.1, 0.15) is 6.92 Å². The number of anilines is 1. The fourth-order valence-corrected chi connectivity index (χ4v) is 3.78. The zero-order valence-electron chi connectivity index (χ0n) is 19.8. The quantitative estimate of drug-likeness (QED) is 0.344. The monoisotopic (exact) mass is 513 g/mol. The molecule has 0 saturated carbocycles. The first-order valence-electron chi connectivity index (χ1n) is 11.2. The zero-order chi connectivity index (χ0) is 26.2. The first-order valence-corrected chi connectivity index (χ1v) is 11.2.